The van der Waals surface area contributed by atoms with Crippen LogP contribution < -0.4 is 4.90 Å². The van der Waals surface area contributed by atoms with Crippen LogP contribution in [0.4, 0.5) is 11.4 Å². The summed E-state index contributed by atoms with van der Waals surface area (Å²) in [5.74, 6) is -0.126. The quantitative estimate of drug-likeness (QED) is 0.324. The highest BCUT2D eigenvalue weighted by atomic mass is 16.6. The van der Waals surface area contributed by atoms with E-state index in [-0.39, 0.29) is 11.6 Å². The summed E-state index contributed by atoms with van der Waals surface area (Å²) in [6, 6.07) is 22.0. The molecule has 3 aromatic rings. The minimum atomic E-state index is -0.438. The highest BCUT2D eigenvalue weighted by Crippen LogP contribution is 2.37. The van der Waals surface area contributed by atoms with Gasteiger partial charge in [0, 0.05) is 17.7 Å². The van der Waals surface area contributed by atoms with Crippen LogP contribution in [-0.4, -0.2) is 10.8 Å². The maximum absolute atomic E-state index is 13.4. The topological polar surface area (TPSA) is 63.5 Å². The molecule has 3 aromatic carbocycles. The molecule has 0 saturated carbocycles. The Morgan fingerprint density at radius 1 is 0.933 bits per heavy atom. The Kier molecular flexibility index (Phi) is 5.02. The number of benzene rings is 3. The number of rotatable bonds is 4. The molecule has 0 unspecified atom stereocenters. The number of hydrogen-bond acceptors (Lipinski definition) is 3. The summed E-state index contributed by atoms with van der Waals surface area (Å²) in [6.07, 6.45) is 3.64. The van der Waals surface area contributed by atoms with Crippen molar-refractivity contribution in [3.8, 4) is 0 Å². The van der Waals surface area contributed by atoms with Crippen molar-refractivity contribution in [3.63, 3.8) is 0 Å². The number of nitro groups is 1. The van der Waals surface area contributed by atoms with Gasteiger partial charge in [0.25, 0.3) is 11.6 Å². The zero-order valence-electron chi connectivity index (χ0n) is 16.7. The molecule has 1 aliphatic heterocycles. The van der Waals surface area contributed by atoms with Crippen LogP contribution in [0.1, 0.15) is 22.3 Å². The number of nitro benzene ring substituents is 1. The summed E-state index contributed by atoms with van der Waals surface area (Å²) in [6.45, 7) is 4.02. The first-order chi connectivity index (χ1) is 14.4. The number of hydrogen-bond donors (Lipinski definition) is 0. The highest BCUT2D eigenvalue weighted by molar-refractivity contribution is 6.23. The Hall–Kier alpha value is -3.99. The van der Waals surface area contributed by atoms with Gasteiger partial charge in [0.2, 0.25) is 0 Å². The highest BCUT2D eigenvalue weighted by Gasteiger charge is 2.31. The number of carbonyl (C=O) groups excluding carboxylic acids is 1. The van der Waals surface area contributed by atoms with Gasteiger partial charge in [-0.1, -0.05) is 48.0 Å². The summed E-state index contributed by atoms with van der Waals surface area (Å²) in [7, 11) is 0. The van der Waals surface area contributed by atoms with E-state index in [0.29, 0.717) is 5.57 Å². The molecule has 30 heavy (non-hydrogen) atoms. The summed E-state index contributed by atoms with van der Waals surface area (Å²) >= 11 is 0. The van der Waals surface area contributed by atoms with Gasteiger partial charge in [-0.3, -0.25) is 19.8 Å². The van der Waals surface area contributed by atoms with Crippen molar-refractivity contribution in [1.29, 1.82) is 0 Å². The molecule has 1 amide bonds. The van der Waals surface area contributed by atoms with E-state index in [1.165, 1.54) is 12.1 Å². The third kappa shape index (κ3) is 3.65. The van der Waals surface area contributed by atoms with Gasteiger partial charge in [-0.15, -0.1) is 0 Å². The predicted octanol–water partition coefficient (Wildman–Crippen LogP) is 5.68. The van der Waals surface area contributed by atoms with E-state index in [9.17, 15) is 14.9 Å². The predicted molar refractivity (Wildman–Crippen MR) is 119 cm³/mol. The summed E-state index contributed by atoms with van der Waals surface area (Å²) < 4.78 is 0. The molecule has 0 bridgehead atoms. The van der Waals surface area contributed by atoms with Crippen molar-refractivity contribution < 1.29 is 9.72 Å². The standard InChI is InChI=1S/C25H20N2O3/c1-17-8-13-23(18(2)14-17)26-24(20-6-4-3-5-7-20)16-21(25(26)28)15-19-9-11-22(12-10-19)27(29)30/h3-16H,1-2H3/b21-15+. The molecule has 0 radical (unpaired) electrons. The van der Waals surface area contributed by atoms with E-state index in [1.54, 1.807) is 23.1 Å². The Balaban J connectivity index is 1.80. The minimum absolute atomic E-state index is 0.0207. The van der Waals surface area contributed by atoms with Gasteiger partial charge >= 0.3 is 0 Å². The second-order valence-electron chi connectivity index (χ2n) is 7.27. The van der Waals surface area contributed by atoms with Crippen LogP contribution in [0.3, 0.4) is 0 Å². The largest absolute Gasteiger partial charge is 0.276 e. The van der Waals surface area contributed by atoms with E-state index >= 15 is 0 Å². The van der Waals surface area contributed by atoms with Crippen molar-refractivity contribution in [2.75, 3.05) is 4.90 Å². The first-order valence-electron chi connectivity index (χ1n) is 9.59. The van der Waals surface area contributed by atoms with Gasteiger partial charge < -0.3 is 0 Å². The monoisotopic (exact) mass is 396 g/mol. The van der Waals surface area contributed by atoms with Crippen LogP contribution >= 0.6 is 0 Å². The summed E-state index contributed by atoms with van der Waals surface area (Å²) in [5, 5.41) is 10.9. The van der Waals surface area contributed by atoms with Crippen LogP contribution in [0.25, 0.3) is 11.8 Å². The van der Waals surface area contributed by atoms with E-state index in [2.05, 4.69) is 6.07 Å². The molecule has 148 valence electrons. The molecule has 5 nitrogen and oxygen atoms in total. The maximum atomic E-state index is 13.4. The van der Waals surface area contributed by atoms with Gasteiger partial charge in [-0.25, -0.2) is 0 Å². The molecule has 0 aliphatic carbocycles. The van der Waals surface area contributed by atoms with Crippen LogP contribution in [0.2, 0.25) is 0 Å². The molecule has 0 saturated heterocycles. The molecular weight excluding hydrogens is 376 g/mol. The SMILES string of the molecule is Cc1ccc(N2C(=O)/C(=C/c3ccc([N+](=O)[O-])cc3)C=C2c2ccccc2)c(C)c1. The molecule has 5 heteroatoms. The number of amides is 1. The number of carbonyl (C=O) groups is 1. The first-order valence-corrected chi connectivity index (χ1v) is 9.59. The lowest BCUT2D eigenvalue weighted by atomic mass is 10.1. The fraction of sp³-hybridized carbons (Fsp3) is 0.0800. The van der Waals surface area contributed by atoms with Gasteiger partial charge in [0.1, 0.15) is 0 Å². The van der Waals surface area contributed by atoms with Crippen LogP contribution in [0, 0.1) is 24.0 Å². The van der Waals surface area contributed by atoms with Crippen LogP contribution in [0.15, 0.2) is 84.4 Å². The van der Waals surface area contributed by atoms with Crippen LogP contribution in [-0.2, 0) is 4.79 Å². The van der Waals surface area contributed by atoms with Crippen LogP contribution in [0.5, 0.6) is 0 Å². The smallest absolute Gasteiger partial charge is 0.269 e. The molecule has 4 rings (SSSR count). The zero-order chi connectivity index (χ0) is 21.3. The fourth-order valence-corrected chi connectivity index (χ4v) is 3.60. The van der Waals surface area contributed by atoms with Gasteiger partial charge in [-0.05, 0) is 60.9 Å². The Morgan fingerprint density at radius 3 is 2.27 bits per heavy atom. The lowest BCUT2D eigenvalue weighted by molar-refractivity contribution is -0.384. The van der Waals surface area contributed by atoms with Crippen molar-refractivity contribution >= 4 is 29.1 Å². The molecule has 0 aromatic heterocycles. The Labute approximate surface area is 174 Å². The average molecular weight is 396 g/mol. The fourth-order valence-electron chi connectivity index (χ4n) is 3.60. The Bertz CT molecular complexity index is 1190. The molecule has 1 heterocycles. The molecule has 0 fully saturated rings. The lowest BCUT2D eigenvalue weighted by Crippen LogP contribution is -2.25. The summed E-state index contributed by atoms with van der Waals surface area (Å²) in [4.78, 5) is 25.6. The number of aryl methyl sites for hydroxylation is 2. The third-order valence-corrected chi connectivity index (χ3v) is 5.07. The average Bonchev–Trinajstić information content (AvgIpc) is 3.05. The van der Waals surface area contributed by atoms with Crippen molar-refractivity contribution in [1.82, 2.24) is 0 Å². The number of anilines is 1. The van der Waals surface area contributed by atoms with Gasteiger partial charge in [0.15, 0.2) is 0 Å². The van der Waals surface area contributed by atoms with E-state index in [4.69, 9.17) is 0 Å². The Morgan fingerprint density at radius 2 is 1.63 bits per heavy atom. The number of non-ortho nitro benzene ring substituents is 1. The van der Waals surface area contributed by atoms with Crippen molar-refractivity contribution in [2.45, 2.75) is 13.8 Å². The molecule has 0 N–H and O–H groups in total. The second-order valence-corrected chi connectivity index (χ2v) is 7.27. The minimum Gasteiger partial charge on any atom is -0.276 e. The zero-order valence-corrected chi connectivity index (χ0v) is 16.7. The first kappa shape index (κ1) is 19.3. The molecule has 1 aliphatic rings. The maximum Gasteiger partial charge on any atom is 0.269 e. The van der Waals surface area contributed by atoms with Crippen molar-refractivity contribution in [2.24, 2.45) is 0 Å². The number of nitrogens with zero attached hydrogens (tertiary/aromatic N) is 2. The second kappa shape index (κ2) is 7.79. The van der Waals surface area contributed by atoms with Gasteiger partial charge in [0.05, 0.1) is 16.3 Å². The molecule has 0 atom stereocenters. The van der Waals surface area contributed by atoms with Crippen molar-refractivity contribution in [3.05, 3.63) is 117 Å². The van der Waals surface area contributed by atoms with Gasteiger partial charge in [-0.2, -0.15) is 0 Å². The van der Waals surface area contributed by atoms with E-state index in [1.807, 2.05) is 62.4 Å². The van der Waals surface area contributed by atoms with E-state index in [0.717, 1.165) is 33.6 Å². The molecule has 0 spiro atoms. The normalized spacial score (nSPS) is 14.9. The third-order valence-electron chi connectivity index (χ3n) is 5.07. The van der Waals surface area contributed by atoms with E-state index < -0.39 is 4.92 Å². The molecular formula is C25H20N2O3. The summed E-state index contributed by atoms with van der Waals surface area (Å²) in [5.41, 5.74) is 6.02. The lowest BCUT2D eigenvalue weighted by Gasteiger charge is -2.23.